The van der Waals surface area contributed by atoms with E-state index in [0.29, 0.717) is 18.4 Å². The predicted molar refractivity (Wildman–Crippen MR) is 154 cm³/mol. The second kappa shape index (κ2) is 17.5. The normalized spacial score (nSPS) is 15.5. The second-order valence-electron chi connectivity index (χ2n) is 9.84. The summed E-state index contributed by atoms with van der Waals surface area (Å²) in [4.78, 5) is 56.1. The Balaban J connectivity index is 0.000000687. The van der Waals surface area contributed by atoms with Crippen LogP contribution in [0.1, 0.15) is 43.5 Å². The van der Waals surface area contributed by atoms with Crippen LogP contribution in [0.3, 0.4) is 0 Å². The average Bonchev–Trinajstić information content (AvgIpc) is 3.00. The van der Waals surface area contributed by atoms with Gasteiger partial charge in [0.1, 0.15) is 5.75 Å². The Hall–Kier alpha value is -4.62. The van der Waals surface area contributed by atoms with Crippen LogP contribution in [0.2, 0.25) is 0 Å². The van der Waals surface area contributed by atoms with Gasteiger partial charge < -0.3 is 45.9 Å². The molecule has 1 fully saturated rings. The number of nitrogens with two attached hydrogens (primary N) is 1. The number of piperidine rings is 1. The number of alkyl halides is 6. The van der Waals surface area contributed by atoms with Gasteiger partial charge >= 0.3 is 31.9 Å². The number of ether oxygens (including phenoxy) is 1. The van der Waals surface area contributed by atoms with Gasteiger partial charge in [0.2, 0.25) is 5.91 Å². The third kappa shape index (κ3) is 13.6. The van der Waals surface area contributed by atoms with Gasteiger partial charge in [-0.3, -0.25) is 14.3 Å². The molecule has 268 valence electrons. The highest BCUT2D eigenvalue weighted by Crippen LogP contribution is 2.53. The van der Waals surface area contributed by atoms with Crippen LogP contribution in [-0.4, -0.2) is 85.5 Å². The summed E-state index contributed by atoms with van der Waals surface area (Å²) < 4.78 is 81.2. The number of halogens is 6. The molecule has 1 amide bonds. The molecule has 2 unspecified atom stereocenters. The molecule has 1 aliphatic rings. The predicted octanol–water partition coefficient (Wildman–Crippen LogP) is 3.44. The van der Waals surface area contributed by atoms with E-state index < -0.39 is 43.8 Å². The van der Waals surface area contributed by atoms with Crippen molar-refractivity contribution in [3.8, 4) is 5.75 Å². The van der Waals surface area contributed by atoms with Crippen LogP contribution in [-0.2, 0) is 18.9 Å². The third-order valence-electron chi connectivity index (χ3n) is 6.40. The molecule has 22 heteroatoms. The number of amidine groups is 1. The highest BCUT2D eigenvalue weighted by Gasteiger charge is 2.39. The molecule has 2 atom stereocenters. The number of oxime groups is 1. The van der Waals surface area contributed by atoms with Crippen LogP contribution in [0.25, 0.3) is 0 Å². The minimum Gasteiger partial charge on any atom is -0.475 e. The number of benzene rings is 1. The standard InChI is InChI=1S/C22H30N5O6P.2C2HF3O2/c1-14(34(30,31)32)19-4-3-17(21(23)26-29)13-20(19)33-15(2)25-22(28)16-7-11-27(12-8-16)18-5-9-24-10-6-18;2*3-2(4,5)1(6)7/h3-6,9-10,13-16,29H,7-8,11-12H2,1-2H3,(H2,23,26)(H,25,28)(H2,30,31,32);2*(H,6,7). The van der Waals surface area contributed by atoms with E-state index in [1.54, 1.807) is 19.3 Å². The Morgan fingerprint density at radius 1 is 1.00 bits per heavy atom. The number of rotatable bonds is 8. The van der Waals surface area contributed by atoms with Crippen molar-refractivity contribution in [3.05, 3.63) is 53.9 Å². The highest BCUT2D eigenvalue weighted by molar-refractivity contribution is 7.52. The molecular weight excluding hydrogens is 687 g/mol. The summed E-state index contributed by atoms with van der Waals surface area (Å²) in [6.07, 6.45) is -6.11. The molecule has 0 spiro atoms. The summed E-state index contributed by atoms with van der Waals surface area (Å²) in [5.41, 5.74) is 6.13. The number of carboxylic acid groups (broad SMARTS) is 2. The van der Waals surface area contributed by atoms with Crippen LogP contribution in [0.15, 0.2) is 47.9 Å². The monoisotopic (exact) mass is 719 g/mol. The van der Waals surface area contributed by atoms with Gasteiger partial charge in [-0.15, -0.1) is 0 Å². The van der Waals surface area contributed by atoms with Gasteiger partial charge in [0.15, 0.2) is 12.1 Å². The Labute approximate surface area is 268 Å². The number of hydrogen-bond acceptors (Lipinski definition) is 9. The van der Waals surface area contributed by atoms with E-state index in [1.165, 1.54) is 25.1 Å². The number of amides is 1. The van der Waals surface area contributed by atoms with Crippen molar-refractivity contribution in [2.24, 2.45) is 16.8 Å². The van der Waals surface area contributed by atoms with Crippen molar-refractivity contribution in [3.63, 3.8) is 0 Å². The zero-order valence-electron chi connectivity index (χ0n) is 25.0. The fourth-order valence-electron chi connectivity index (χ4n) is 3.87. The van der Waals surface area contributed by atoms with Crippen molar-refractivity contribution in [2.45, 2.75) is 50.9 Å². The van der Waals surface area contributed by atoms with Crippen molar-refractivity contribution in [1.29, 1.82) is 0 Å². The molecule has 1 aromatic carbocycles. The lowest BCUT2D eigenvalue weighted by molar-refractivity contribution is -0.193. The van der Waals surface area contributed by atoms with Gasteiger partial charge in [-0.2, -0.15) is 26.3 Å². The molecule has 8 N–H and O–H groups in total. The lowest BCUT2D eigenvalue weighted by Crippen LogP contribution is -2.44. The number of carbonyl (C=O) groups is 3. The largest absolute Gasteiger partial charge is 0.490 e. The summed E-state index contributed by atoms with van der Waals surface area (Å²) in [6, 6.07) is 8.23. The first-order valence-corrected chi connectivity index (χ1v) is 15.1. The number of pyridine rings is 1. The van der Waals surface area contributed by atoms with E-state index in [0.717, 1.165) is 18.8 Å². The smallest absolute Gasteiger partial charge is 0.475 e. The number of aromatic nitrogens is 1. The number of nitrogens with one attached hydrogen (secondary N) is 1. The first kappa shape index (κ1) is 41.4. The van der Waals surface area contributed by atoms with E-state index in [-0.39, 0.29) is 29.0 Å². The van der Waals surface area contributed by atoms with Gasteiger partial charge in [-0.05, 0) is 44.9 Å². The molecule has 1 aliphatic heterocycles. The fraction of sp³-hybridized carbons (Fsp3) is 0.423. The number of carboxylic acids is 2. The molecule has 0 radical (unpaired) electrons. The van der Waals surface area contributed by atoms with Gasteiger partial charge in [-0.1, -0.05) is 17.3 Å². The Morgan fingerprint density at radius 2 is 1.48 bits per heavy atom. The van der Waals surface area contributed by atoms with E-state index >= 15 is 0 Å². The molecule has 3 rings (SSSR count). The number of aliphatic carboxylic acids is 2. The second-order valence-corrected chi connectivity index (χ2v) is 11.8. The fourth-order valence-corrected chi connectivity index (χ4v) is 4.45. The van der Waals surface area contributed by atoms with Crippen LogP contribution in [0, 0.1) is 5.92 Å². The maximum atomic E-state index is 12.8. The Kier molecular flexibility index (Phi) is 15.1. The first-order chi connectivity index (χ1) is 22.0. The molecule has 0 aliphatic carbocycles. The summed E-state index contributed by atoms with van der Waals surface area (Å²) in [5, 5.41) is 29.0. The Bertz CT molecular complexity index is 1440. The molecule has 0 saturated carbocycles. The van der Waals surface area contributed by atoms with Gasteiger partial charge in [0.25, 0.3) is 0 Å². The zero-order chi connectivity index (χ0) is 37.0. The van der Waals surface area contributed by atoms with Crippen molar-refractivity contribution in [2.75, 3.05) is 18.0 Å². The van der Waals surface area contributed by atoms with Crippen LogP contribution in [0.5, 0.6) is 5.75 Å². The summed E-state index contributed by atoms with van der Waals surface area (Å²) in [6.45, 7) is 4.49. The van der Waals surface area contributed by atoms with E-state index in [1.807, 2.05) is 12.1 Å². The molecule has 15 nitrogen and oxygen atoms in total. The molecular formula is C26H32F6N5O10P. The molecule has 1 saturated heterocycles. The minimum atomic E-state index is -5.08. The summed E-state index contributed by atoms with van der Waals surface area (Å²) in [5.74, 6) is -5.90. The van der Waals surface area contributed by atoms with E-state index in [2.05, 4.69) is 20.4 Å². The lowest BCUT2D eigenvalue weighted by Gasteiger charge is -2.33. The SMILES string of the molecule is CC(NC(=O)C1CCN(c2ccncc2)CC1)Oc1cc(C(N)=NO)ccc1C(C)P(=O)(O)O.O=C(O)C(F)(F)F.O=C(O)C(F)(F)F. The molecule has 0 bridgehead atoms. The number of anilines is 1. The van der Waals surface area contributed by atoms with Crippen molar-refractivity contribution < 1.29 is 75.2 Å². The number of nitrogens with zero attached hydrogens (tertiary/aromatic N) is 3. The first-order valence-electron chi connectivity index (χ1n) is 13.4. The minimum absolute atomic E-state index is 0.125. The molecule has 2 aromatic rings. The summed E-state index contributed by atoms with van der Waals surface area (Å²) >= 11 is 0. The summed E-state index contributed by atoms with van der Waals surface area (Å²) in [7, 11) is -4.46. The van der Waals surface area contributed by atoms with Crippen LogP contribution < -0.4 is 20.7 Å². The maximum Gasteiger partial charge on any atom is 0.490 e. The quantitative estimate of drug-likeness (QED) is 0.0394. The van der Waals surface area contributed by atoms with Crippen LogP contribution >= 0.6 is 7.60 Å². The molecule has 48 heavy (non-hydrogen) atoms. The van der Waals surface area contributed by atoms with Crippen molar-refractivity contribution >= 4 is 37.0 Å². The third-order valence-corrected chi connectivity index (χ3v) is 7.69. The van der Waals surface area contributed by atoms with Gasteiger partial charge in [0, 0.05) is 48.2 Å². The zero-order valence-corrected chi connectivity index (χ0v) is 25.9. The number of carbonyl (C=O) groups excluding carboxylic acids is 1. The molecule has 1 aromatic heterocycles. The van der Waals surface area contributed by atoms with E-state index in [9.17, 15) is 45.5 Å². The Morgan fingerprint density at radius 3 is 1.90 bits per heavy atom. The highest BCUT2D eigenvalue weighted by atomic mass is 31.2. The van der Waals surface area contributed by atoms with Gasteiger partial charge in [0.05, 0.1) is 5.66 Å². The van der Waals surface area contributed by atoms with Crippen LogP contribution in [0.4, 0.5) is 32.0 Å². The maximum absolute atomic E-state index is 12.8. The average molecular weight is 720 g/mol. The number of hydrogen-bond donors (Lipinski definition) is 7. The van der Waals surface area contributed by atoms with Crippen molar-refractivity contribution in [1.82, 2.24) is 10.3 Å². The molecule has 2 heterocycles. The van der Waals surface area contributed by atoms with Gasteiger partial charge in [-0.25, -0.2) is 9.59 Å². The van der Waals surface area contributed by atoms with E-state index in [4.69, 9.17) is 35.5 Å². The lowest BCUT2D eigenvalue weighted by atomic mass is 9.95. The topological polar surface area (TPSA) is 245 Å².